The third-order valence-corrected chi connectivity index (χ3v) is 2.21. The first-order valence-electron chi connectivity index (χ1n) is 5.11. The summed E-state index contributed by atoms with van der Waals surface area (Å²) < 4.78 is 4.49. The van der Waals surface area contributed by atoms with E-state index in [0.717, 1.165) is 12.0 Å². The third kappa shape index (κ3) is 3.32. The maximum Gasteiger partial charge on any atom is 0.317 e. The van der Waals surface area contributed by atoms with Gasteiger partial charge in [0.2, 0.25) is 0 Å². The first kappa shape index (κ1) is 12.1. The van der Waals surface area contributed by atoms with Crippen molar-refractivity contribution in [3.8, 4) is 11.8 Å². The summed E-state index contributed by atoms with van der Waals surface area (Å²) >= 11 is 0. The molecule has 0 heterocycles. The summed E-state index contributed by atoms with van der Waals surface area (Å²) in [6, 6.07) is 5.75. The lowest BCUT2D eigenvalue weighted by Crippen LogP contribution is -1.97. The molecule has 0 amide bonds. The number of nitrogens with two attached hydrogens (primary N) is 1. The van der Waals surface area contributed by atoms with E-state index in [2.05, 4.69) is 23.5 Å². The van der Waals surface area contributed by atoms with E-state index in [1.807, 2.05) is 18.2 Å². The highest BCUT2D eigenvalue weighted by Gasteiger charge is 1.98. The Bertz CT molecular complexity index is 441. The molecule has 0 saturated carbocycles. The number of anilines is 1. The fourth-order valence-corrected chi connectivity index (χ4v) is 1.22. The molecule has 0 aliphatic carbocycles. The summed E-state index contributed by atoms with van der Waals surface area (Å²) in [4.78, 5) is 10.9. The molecule has 0 aliphatic heterocycles. The molecule has 0 bridgehead atoms. The third-order valence-electron chi connectivity index (χ3n) is 2.21. The average Bonchev–Trinajstić information content (AvgIpc) is 2.31. The number of carbonyl (C=O) groups is 1. The number of esters is 1. The van der Waals surface area contributed by atoms with Crippen LogP contribution in [0.5, 0.6) is 0 Å². The first-order valence-corrected chi connectivity index (χ1v) is 5.11. The van der Waals surface area contributed by atoms with Crippen LogP contribution in [0.1, 0.15) is 24.5 Å². The molecule has 0 unspecified atom stereocenters. The van der Waals surface area contributed by atoms with Crippen molar-refractivity contribution >= 4 is 11.7 Å². The van der Waals surface area contributed by atoms with E-state index in [1.54, 1.807) is 0 Å². The van der Waals surface area contributed by atoms with E-state index in [-0.39, 0.29) is 12.4 Å². The second-order valence-corrected chi connectivity index (χ2v) is 3.33. The number of carbonyl (C=O) groups excluding carboxylic acids is 1. The van der Waals surface area contributed by atoms with Crippen LogP contribution in [0.3, 0.4) is 0 Å². The summed E-state index contributed by atoms with van der Waals surface area (Å²) in [5.41, 5.74) is 8.35. The summed E-state index contributed by atoms with van der Waals surface area (Å²) in [5.74, 6) is 5.28. The minimum atomic E-state index is -0.335. The van der Waals surface area contributed by atoms with Crippen molar-refractivity contribution in [3.63, 3.8) is 0 Å². The van der Waals surface area contributed by atoms with Gasteiger partial charge in [-0.3, -0.25) is 4.79 Å². The van der Waals surface area contributed by atoms with Crippen LogP contribution in [0.4, 0.5) is 5.69 Å². The molecule has 0 spiro atoms. The van der Waals surface area contributed by atoms with Crippen LogP contribution in [0.15, 0.2) is 18.2 Å². The molecule has 0 fully saturated rings. The highest BCUT2D eigenvalue weighted by atomic mass is 16.5. The zero-order valence-electron chi connectivity index (χ0n) is 9.54. The SMILES string of the molecule is CCc1ccc(N)c(C#CCC(=O)OC)c1. The van der Waals surface area contributed by atoms with Crippen molar-refractivity contribution in [2.45, 2.75) is 19.8 Å². The summed E-state index contributed by atoms with van der Waals surface area (Å²) in [7, 11) is 1.34. The van der Waals surface area contributed by atoms with Gasteiger partial charge in [-0.2, -0.15) is 0 Å². The molecule has 0 saturated heterocycles. The van der Waals surface area contributed by atoms with Gasteiger partial charge in [0.25, 0.3) is 0 Å². The molecule has 16 heavy (non-hydrogen) atoms. The Balaban J connectivity index is 2.83. The van der Waals surface area contributed by atoms with Crippen molar-refractivity contribution < 1.29 is 9.53 Å². The van der Waals surface area contributed by atoms with Gasteiger partial charge < -0.3 is 10.5 Å². The molecule has 2 N–H and O–H groups in total. The van der Waals surface area contributed by atoms with Crippen LogP contribution >= 0.6 is 0 Å². The normalized spacial score (nSPS) is 9.12. The Morgan fingerprint density at radius 2 is 2.25 bits per heavy atom. The van der Waals surface area contributed by atoms with E-state index < -0.39 is 0 Å². The van der Waals surface area contributed by atoms with Gasteiger partial charge in [0.1, 0.15) is 6.42 Å². The second kappa shape index (κ2) is 5.82. The van der Waals surface area contributed by atoms with Gasteiger partial charge in [-0.05, 0) is 24.1 Å². The van der Waals surface area contributed by atoms with Gasteiger partial charge in [-0.25, -0.2) is 0 Å². The Labute approximate surface area is 95.6 Å². The largest absolute Gasteiger partial charge is 0.468 e. The lowest BCUT2D eigenvalue weighted by molar-refractivity contribution is -0.139. The zero-order valence-corrected chi connectivity index (χ0v) is 9.54. The van der Waals surface area contributed by atoms with Crippen molar-refractivity contribution in [2.75, 3.05) is 12.8 Å². The standard InChI is InChI=1S/C13H15NO2/c1-3-10-7-8-12(14)11(9-10)5-4-6-13(15)16-2/h7-9H,3,6,14H2,1-2H3. The average molecular weight is 217 g/mol. The number of hydrogen-bond acceptors (Lipinski definition) is 3. The fraction of sp³-hybridized carbons (Fsp3) is 0.308. The summed E-state index contributed by atoms with van der Waals surface area (Å²) in [5, 5.41) is 0. The maximum atomic E-state index is 10.9. The quantitative estimate of drug-likeness (QED) is 0.466. The number of benzene rings is 1. The van der Waals surface area contributed by atoms with Crippen LogP contribution in [0, 0.1) is 11.8 Å². The molecule has 0 aliphatic rings. The van der Waals surface area contributed by atoms with Crippen LogP contribution in [-0.4, -0.2) is 13.1 Å². The number of rotatable bonds is 2. The maximum absolute atomic E-state index is 10.9. The predicted molar refractivity (Wildman–Crippen MR) is 63.7 cm³/mol. The minimum Gasteiger partial charge on any atom is -0.468 e. The van der Waals surface area contributed by atoms with Gasteiger partial charge >= 0.3 is 5.97 Å². The van der Waals surface area contributed by atoms with Gasteiger partial charge in [0.05, 0.1) is 7.11 Å². The summed E-state index contributed by atoms with van der Waals surface area (Å²) in [6.07, 6.45) is 1.03. The Kier molecular flexibility index (Phi) is 4.41. The molecule has 84 valence electrons. The molecule has 1 aromatic carbocycles. The molecule has 3 heteroatoms. The molecule has 0 atom stereocenters. The van der Waals surface area contributed by atoms with Crippen molar-refractivity contribution in [3.05, 3.63) is 29.3 Å². The van der Waals surface area contributed by atoms with Gasteiger partial charge in [0.15, 0.2) is 0 Å². The molecule has 1 aromatic rings. The van der Waals surface area contributed by atoms with Gasteiger partial charge in [0, 0.05) is 11.3 Å². The second-order valence-electron chi connectivity index (χ2n) is 3.33. The number of methoxy groups -OCH3 is 1. The van der Waals surface area contributed by atoms with Crippen molar-refractivity contribution in [1.29, 1.82) is 0 Å². The summed E-state index contributed by atoms with van der Waals surface area (Å²) in [6.45, 7) is 2.07. The van der Waals surface area contributed by atoms with Crippen LogP contribution in [0.2, 0.25) is 0 Å². The van der Waals surface area contributed by atoms with Crippen LogP contribution in [0.25, 0.3) is 0 Å². The highest BCUT2D eigenvalue weighted by Crippen LogP contribution is 2.13. The molecule has 3 nitrogen and oxygen atoms in total. The van der Waals surface area contributed by atoms with E-state index in [0.29, 0.717) is 5.69 Å². The minimum absolute atomic E-state index is 0.0896. The molecular formula is C13H15NO2. The Hall–Kier alpha value is -1.95. The highest BCUT2D eigenvalue weighted by molar-refractivity contribution is 5.72. The lowest BCUT2D eigenvalue weighted by Gasteiger charge is -2.01. The topological polar surface area (TPSA) is 52.3 Å². The zero-order chi connectivity index (χ0) is 12.0. The van der Waals surface area contributed by atoms with Gasteiger partial charge in [-0.15, -0.1) is 0 Å². The van der Waals surface area contributed by atoms with E-state index in [9.17, 15) is 4.79 Å². The molecule has 0 aromatic heterocycles. The van der Waals surface area contributed by atoms with E-state index in [4.69, 9.17) is 5.73 Å². The lowest BCUT2D eigenvalue weighted by atomic mass is 10.1. The van der Waals surface area contributed by atoms with E-state index >= 15 is 0 Å². The number of ether oxygens (including phenoxy) is 1. The first-order chi connectivity index (χ1) is 7.67. The Morgan fingerprint density at radius 1 is 1.50 bits per heavy atom. The van der Waals surface area contributed by atoms with E-state index in [1.165, 1.54) is 12.7 Å². The smallest absolute Gasteiger partial charge is 0.317 e. The van der Waals surface area contributed by atoms with Crippen LogP contribution in [-0.2, 0) is 16.0 Å². The van der Waals surface area contributed by atoms with Crippen molar-refractivity contribution in [2.24, 2.45) is 0 Å². The number of aryl methyl sites for hydroxylation is 1. The van der Waals surface area contributed by atoms with Crippen LogP contribution < -0.4 is 5.73 Å². The molecule has 0 radical (unpaired) electrons. The molecular weight excluding hydrogens is 202 g/mol. The fourth-order valence-electron chi connectivity index (χ4n) is 1.22. The number of hydrogen-bond donors (Lipinski definition) is 1. The number of nitrogen functional groups attached to an aromatic ring is 1. The predicted octanol–water partition coefficient (Wildman–Crippen LogP) is 1.75. The van der Waals surface area contributed by atoms with Crippen molar-refractivity contribution in [1.82, 2.24) is 0 Å². The Morgan fingerprint density at radius 3 is 2.88 bits per heavy atom. The van der Waals surface area contributed by atoms with Gasteiger partial charge in [-0.1, -0.05) is 24.8 Å². The molecule has 1 rings (SSSR count). The monoisotopic (exact) mass is 217 g/mol.